The third kappa shape index (κ3) is 4.93. The number of benzene rings is 1. The Morgan fingerprint density at radius 1 is 1.17 bits per heavy atom. The molecule has 0 unspecified atom stereocenters. The van der Waals surface area contributed by atoms with Crippen molar-refractivity contribution in [1.29, 1.82) is 0 Å². The molecule has 0 atom stereocenters. The maximum absolute atomic E-state index is 12.5. The van der Waals surface area contributed by atoms with Crippen LogP contribution in [-0.4, -0.2) is 63.8 Å². The zero-order chi connectivity index (χ0) is 17.7. The van der Waals surface area contributed by atoms with Crippen LogP contribution >= 0.6 is 0 Å². The van der Waals surface area contributed by atoms with Crippen LogP contribution < -0.4 is 10.0 Å². The first-order chi connectivity index (χ1) is 11.3. The quantitative estimate of drug-likeness (QED) is 0.806. The SMILES string of the molecule is CN(CCN(C)c1ccccc1)C(=O)C1CCN(S(N)(=O)=O)CC1. The van der Waals surface area contributed by atoms with Crippen LogP contribution in [0.2, 0.25) is 0 Å². The van der Waals surface area contributed by atoms with Crippen molar-refractivity contribution in [2.24, 2.45) is 11.1 Å². The number of piperidine rings is 1. The minimum Gasteiger partial charge on any atom is -0.373 e. The first kappa shape index (κ1) is 18.7. The topological polar surface area (TPSA) is 86.9 Å². The fourth-order valence-electron chi connectivity index (χ4n) is 2.89. The lowest BCUT2D eigenvalue weighted by Crippen LogP contribution is -2.46. The third-order valence-electron chi connectivity index (χ3n) is 4.51. The largest absolute Gasteiger partial charge is 0.373 e. The van der Waals surface area contributed by atoms with Gasteiger partial charge in [0.25, 0.3) is 10.2 Å². The number of nitrogens with two attached hydrogens (primary N) is 1. The zero-order valence-electron chi connectivity index (χ0n) is 14.3. The van der Waals surface area contributed by atoms with Gasteiger partial charge in [0, 0.05) is 51.9 Å². The van der Waals surface area contributed by atoms with Crippen molar-refractivity contribution in [3.8, 4) is 0 Å². The van der Waals surface area contributed by atoms with Crippen molar-refractivity contribution < 1.29 is 13.2 Å². The number of para-hydroxylation sites is 1. The second kappa shape index (κ2) is 7.96. The summed E-state index contributed by atoms with van der Waals surface area (Å²) in [7, 11) is 0.151. The molecule has 1 aromatic rings. The van der Waals surface area contributed by atoms with E-state index in [9.17, 15) is 13.2 Å². The Hall–Kier alpha value is -1.64. The Bertz CT molecular complexity index is 643. The molecule has 1 amide bonds. The summed E-state index contributed by atoms with van der Waals surface area (Å²) < 4.78 is 23.9. The number of hydrogen-bond donors (Lipinski definition) is 1. The molecule has 8 heteroatoms. The molecule has 134 valence electrons. The molecule has 24 heavy (non-hydrogen) atoms. The van der Waals surface area contributed by atoms with Gasteiger partial charge in [-0.3, -0.25) is 4.79 Å². The fraction of sp³-hybridized carbons (Fsp3) is 0.562. The summed E-state index contributed by atoms with van der Waals surface area (Å²) in [6, 6.07) is 10.0. The number of carbonyl (C=O) groups excluding carboxylic acids is 1. The molecule has 1 aliphatic rings. The van der Waals surface area contributed by atoms with Gasteiger partial charge in [-0.25, -0.2) is 5.14 Å². The maximum Gasteiger partial charge on any atom is 0.276 e. The molecule has 7 nitrogen and oxygen atoms in total. The number of nitrogens with zero attached hydrogens (tertiary/aromatic N) is 3. The maximum atomic E-state index is 12.5. The molecule has 1 aliphatic heterocycles. The van der Waals surface area contributed by atoms with Crippen molar-refractivity contribution in [3.05, 3.63) is 30.3 Å². The molecule has 1 fully saturated rings. The molecule has 1 heterocycles. The predicted molar refractivity (Wildman–Crippen MR) is 94.8 cm³/mol. The summed E-state index contributed by atoms with van der Waals surface area (Å²) in [4.78, 5) is 16.3. The molecule has 0 aliphatic carbocycles. The third-order valence-corrected chi connectivity index (χ3v) is 5.59. The van der Waals surface area contributed by atoms with Gasteiger partial charge in [0.15, 0.2) is 0 Å². The van der Waals surface area contributed by atoms with Crippen LogP contribution in [0.5, 0.6) is 0 Å². The minimum absolute atomic E-state index is 0.0746. The molecule has 2 N–H and O–H groups in total. The number of amides is 1. The van der Waals surface area contributed by atoms with Crippen LogP contribution in [0.4, 0.5) is 5.69 Å². The molecule has 0 spiro atoms. The monoisotopic (exact) mass is 354 g/mol. The number of likely N-dealkylation sites (N-methyl/N-ethyl adjacent to an activating group) is 2. The normalized spacial score (nSPS) is 16.8. The molecular weight excluding hydrogens is 328 g/mol. The Morgan fingerprint density at radius 2 is 1.75 bits per heavy atom. The Labute approximate surface area is 144 Å². The van der Waals surface area contributed by atoms with Crippen molar-refractivity contribution in [3.63, 3.8) is 0 Å². The van der Waals surface area contributed by atoms with Crippen molar-refractivity contribution in [1.82, 2.24) is 9.21 Å². The highest BCUT2D eigenvalue weighted by atomic mass is 32.2. The molecule has 0 bridgehead atoms. The minimum atomic E-state index is -3.65. The van der Waals surface area contributed by atoms with Crippen LogP contribution in [-0.2, 0) is 15.0 Å². The molecule has 1 aromatic carbocycles. The number of carbonyl (C=O) groups is 1. The van der Waals surface area contributed by atoms with Gasteiger partial charge in [0.05, 0.1) is 0 Å². The van der Waals surface area contributed by atoms with Crippen LogP contribution in [0, 0.1) is 5.92 Å². The average Bonchev–Trinajstić information content (AvgIpc) is 2.58. The lowest BCUT2D eigenvalue weighted by molar-refractivity contribution is -0.135. The van der Waals surface area contributed by atoms with Gasteiger partial charge in [-0.05, 0) is 25.0 Å². The van der Waals surface area contributed by atoms with Gasteiger partial charge < -0.3 is 9.80 Å². The number of rotatable bonds is 6. The van der Waals surface area contributed by atoms with Crippen LogP contribution in [0.1, 0.15) is 12.8 Å². The highest BCUT2D eigenvalue weighted by Gasteiger charge is 2.30. The van der Waals surface area contributed by atoms with Gasteiger partial charge in [-0.1, -0.05) is 18.2 Å². The van der Waals surface area contributed by atoms with Crippen molar-refractivity contribution in [2.45, 2.75) is 12.8 Å². The number of anilines is 1. The van der Waals surface area contributed by atoms with Gasteiger partial charge in [-0.2, -0.15) is 12.7 Å². The second-order valence-corrected chi connectivity index (χ2v) is 7.78. The Kier molecular flexibility index (Phi) is 6.20. The van der Waals surface area contributed by atoms with E-state index in [-0.39, 0.29) is 11.8 Å². The fourth-order valence-corrected chi connectivity index (χ4v) is 3.61. The summed E-state index contributed by atoms with van der Waals surface area (Å²) in [6.07, 6.45) is 1.04. The zero-order valence-corrected chi connectivity index (χ0v) is 15.1. The van der Waals surface area contributed by atoms with E-state index in [0.717, 1.165) is 12.2 Å². The molecule has 2 rings (SSSR count). The van der Waals surface area contributed by atoms with Gasteiger partial charge in [0.2, 0.25) is 5.91 Å². The van der Waals surface area contributed by atoms with E-state index in [4.69, 9.17) is 5.14 Å². The van der Waals surface area contributed by atoms with Gasteiger partial charge in [-0.15, -0.1) is 0 Å². The van der Waals surface area contributed by atoms with E-state index in [1.807, 2.05) is 37.4 Å². The lowest BCUT2D eigenvalue weighted by atomic mass is 9.97. The molecule has 0 saturated carbocycles. The summed E-state index contributed by atoms with van der Waals surface area (Å²) in [5, 5.41) is 5.13. The van der Waals surface area contributed by atoms with E-state index in [0.29, 0.717) is 32.5 Å². The lowest BCUT2D eigenvalue weighted by Gasteiger charge is -2.32. The van der Waals surface area contributed by atoms with Crippen molar-refractivity contribution in [2.75, 3.05) is 45.2 Å². The van der Waals surface area contributed by atoms with E-state index >= 15 is 0 Å². The predicted octanol–water partition coefficient (Wildman–Crippen LogP) is 0.497. The van der Waals surface area contributed by atoms with E-state index in [2.05, 4.69) is 4.90 Å². The molecule has 0 radical (unpaired) electrons. The van der Waals surface area contributed by atoms with E-state index < -0.39 is 10.2 Å². The van der Waals surface area contributed by atoms with Gasteiger partial charge in [0.1, 0.15) is 0 Å². The summed E-state index contributed by atoms with van der Waals surface area (Å²) in [5.41, 5.74) is 1.11. The standard InChI is InChI=1S/C16H26N4O3S/c1-18(15-6-4-3-5-7-15)12-13-19(2)16(21)14-8-10-20(11-9-14)24(17,22)23/h3-7,14H,8-13H2,1-2H3,(H2,17,22,23). The first-order valence-electron chi connectivity index (χ1n) is 8.08. The Balaban J connectivity index is 1.81. The smallest absolute Gasteiger partial charge is 0.276 e. The molecule has 0 aromatic heterocycles. The number of hydrogen-bond acceptors (Lipinski definition) is 4. The highest BCUT2D eigenvalue weighted by molar-refractivity contribution is 7.86. The van der Waals surface area contributed by atoms with Crippen LogP contribution in [0.25, 0.3) is 0 Å². The van der Waals surface area contributed by atoms with Crippen LogP contribution in [0.15, 0.2) is 30.3 Å². The van der Waals surface area contributed by atoms with Gasteiger partial charge >= 0.3 is 0 Å². The summed E-state index contributed by atoms with van der Waals surface area (Å²) in [5.74, 6) is -0.0550. The van der Waals surface area contributed by atoms with Crippen molar-refractivity contribution >= 4 is 21.8 Å². The molecule has 1 saturated heterocycles. The average molecular weight is 354 g/mol. The van der Waals surface area contributed by atoms with E-state index in [1.165, 1.54) is 4.31 Å². The molecular formula is C16H26N4O3S. The first-order valence-corrected chi connectivity index (χ1v) is 9.58. The Morgan fingerprint density at radius 3 is 2.29 bits per heavy atom. The van der Waals surface area contributed by atoms with Crippen LogP contribution in [0.3, 0.4) is 0 Å². The summed E-state index contributed by atoms with van der Waals surface area (Å²) in [6.45, 7) is 1.99. The van der Waals surface area contributed by atoms with E-state index in [1.54, 1.807) is 11.9 Å². The second-order valence-electron chi connectivity index (χ2n) is 6.24. The highest BCUT2D eigenvalue weighted by Crippen LogP contribution is 2.20. The summed E-state index contributed by atoms with van der Waals surface area (Å²) >= 11 is 0.